The number of hydrogen-bond acceptors (Lipinski definition) is 8. The molecule has 0 bridgehead atoms. The van der Waals surface area contributed by atoms with Gasteiger partial charge in [-0.1, -0.05) is 0 Å². The summed E-state index contributed by atoms with van der Waals surface area (Å²) in [5, 5.41) is 0. The third-order valence-electron chi connectivity index (χ3n) is 5.52. The number of nitrogens with zero attached hydrogens (tertiary/aromatic N) is 8. The van der Waals surface area contributed by atoms with Gasteiger partial charge in [-0.05, 0) is 25.7 Å². The van der Waals surface area contributed by atoms with Gasteiger partial charge >= 0.3 is 0 Å². The summed E-state index contributed by atoms with van der Waals surface area (Å²) < 4.78 is 0. The lowest BCUT2D eigenvalue weighted by Crippen LogP contribution is -2.53. The lowest BCUT2D eigenvalue weighted by molar-refractivity contribution is 0.359. The SMILES string of the molecule is c1nc(N2CCCN3CCCN=C32)cnc1N1CCCN2CCCN=C21. The van der Waals surface area contributed by atoms with Crippen LogP contribution in [0.2, 0.25) is 0 Å². The molecule has 0 amide bonds. The van der Waals surface area contributed by atoms with Gasteiger partial charge in [0.25, 0.3) is 0 Å². The van der Waals surface area contributed by atoms with E-state index < -0.39 is 0 Å². The van der Waals surface area contributed by atoms with Gasteiger partial charge in [-0.15, -0.1) is 0 Å². The first kappa shape index (κ1) is 15.8. The normalized spacial score (nSPS) is 23.2. The topological polar surface area (TPSA) is 63.5 Å². The van der Waals surface area contributed by atoms with Gasteiger partial charge in [0.1, 0.15) is 0 Å². The van der Waals surface area contributed by atoms with Crippen molar-refractivity contribution in [3.05, 3.63) is 12.4 Å². The van der Waals surface area contributed by atoms with Crippen molar-refractivity contribution in [2.45, 2.75) is 25.7 Å². The van der Waals surface area contributed by atoms with Gasteiger partial charge in [-0.25, -0.2) is 9.97 Å². The number of guanidine groups is 2. The van der Waals surface area contributed by atoms with Crippen molar-refractivity contribution in [3.8, 4) is 0 Å². The molecule has 2 saturated heterocycles. The zero-order valence-electron chi connectivity index (χ0n) is 15.2. The van der Waals surface area contributed by atoms with E-state index in [9.17, 15) is 0 Å². The summed E-state index contributed by atoms with van der Waals surface area (Å²) in [5.74, 6) is 3.95. The van der Waals surface area contributed by atoms with Crippen molar-refractivity contribution in [2.24, 2.45) is 9.98 Å². The summed E-state index contributed by atoms with van der Waals surface area (Å²) in [6.45, 7) is 8.17. The second-order valence-corrected chi connectivity index (χ2v) is 7.29. The maximum absolute atomic E-state index is 4.75. The highest BCUT2D eigenvalue weighted by Gasteiger charge is 2.29. The fourth-order valence-electron chi connectivity index (χ4n) is 4.28. The fourth-order valence-corrected chi connectivity index (χ4v) is 4.28. The van der Waals surface area contributed by atoms with Crippen LogP contribution in [0.3, 0.4) is 0 Å². The molecule has 0 aliphatic carbocycles. The minimum absolute atomic E-state index is 0.901. The van der Waals surface area contributed by atoms with Gasteiger partial charge < -0.3 is 9.80 Å². The Morgan fingerprint density at radius 1 is 0.577 bits per heavy atom. The average Bonchev–Trinajstić information content (AvgIpc) is 2.73. The summed E-state index contributed by atoms with van der Waals surface area (Å²) in [6, 6.07) is 0. The molecule has 0 saturated carbocycles. The van der Waals surface area contributed by atoms with Crippen molar-refractivity contribution in [1.29, 1.82) is 0 Å². The van der Waals surface area contributed by atoms with Gasteiger partial charge in [0, 0.05) is 52.4 Å². The van der Waals surface area contributed by atoms with Crippen LogP contribution in [0, 0.1) is 0 Å². The predicted octanol–water partition coefficient (Wildman–Crippen LogP) is 1.02. The van der Waals surface area contributed by atoms with Crippen molar-refractivity contribution in [3.63, 3.8) is 0 Å². The summed E-state index contributed by atoms with van der Waals surface area (Å²) in [4.78, 5) is 28.2. The van der Waals surface area contributed by atoms with Crippen LogP contribution >= 0.6 is 0 Å². The lowest BCUT2D eigenvalue weighted by atomic mass is 10.2. The first-order valence-corrected chi connectivity index (χ1v) is 9.86. The maximum Gasteiger partial charge on any atom is 0.202 e. The van der Waals surface area contributed by atoms with E-state index in [0.29, 0.717) is 0 Å². The first-order chi connectivity index (χ1) is 12.9. The summed E-state index contributed by atoms with van der Waals surface area (Å²) >= 11 is 0. The standard InChI is InChI=1S/C18H26N8/c1-5-19-17-23(7-1)9-3-11-25(17)15-13-22-16(14-21-15)26-12-4-10-24-8-2-6-20-18(24)26/h13-14H,1-12H2. The molecule has 0 radical (unpaired) electrons. The van der Waals surface area contributed by atoms with Crippen LogP contribution in [0.15, 0.2) is 22.4 Å². The van der Waals surface area contributed by atoms with E-state index in [-0.39, 0.29) is 0 Å². The minimum atomic E-state index is 0.901. The first-order valence-electron chi connectivity index (χ1n) is 9.86. The van der Waals surface area contributed by atoms with E-state index in [1.165, 1.54) is 0 Å². The van der Waals surface area contributed by atoms with E-state index in [1.807, 2.05) is 12.4 Å². The molecule has 2 fully saturated rings. The highest BCUT2D eigenvalue weighted by atomic mass is 15.4. The zero-order valence-corrected chi connectivity index (χ0v) is 15.2. The van der Waals surface area contributed by atoms with E-state index in [4.69, 9.17) is 20.0 Å². The Hall–Kier alpha value is -2.38. The van der Waals surface area contributed by atoms with Crippen LogP contribution in [0.5, 0.6) is 0 Å². The van der Waals surface area contributed by atoms with Gasteiger partial charge in [-0.2, -0.15) is 0 Å². The predicted molar refractivity (Wildman–Crippen MR) is 103 cm³/mol. The minimum Gasteiger partial charge on any atom is -0.342 e. The van der Waals surface area contributed by atoms with E-state index in [0.717, 1.165) is 102 Å². The molecule has 0 N–H and O–H groups in total. The third-order valence-corrected chi connectivity index (χ3v) is 5.52. The van der Waals surface area contributed by atoms with Gasteiger partial charge in [0.2, 0.25) is 11.9 Å². The van der Waals surface area contributed by atoms with Crippen LogP contribution in [0.25, 0.3) is 0 Å². The van der Waals surface area contributed by atoms with Gasteiger partial charge in [0.05, 0.1) is 12.4 Å². The van der Waals surface area contributed by atoms with E-state index in [1.54, 1.807) is 0 Å². The largest absolute Gasteiger partial charge is 0.342 e. The molecule has 5 rings (SSSR count). The van der Waals surface area contributed by atoms with Crippen LogP contribution in [-0.4, -0.2) is 84.0 Å². The number of anilines is 2. The lowest BCUT2D eigenvalue weighted by Gasteiger charge is -2.41. The van der Waals surface area contributed by atoms with E-state index in [2.05, 4.69) is 19.6 Å². The Labute approximate surface area is 154 Å². The Bertz CT molecular complexity index is 651. The van der Waals surface area contributed by atoms with Crippen LogP contribution < -0.4 is 9.80 Å². The zero-order chi connectivity index (χ0) is 17.3. The Balaban J connectivity index is 1.39. The third kappa shape index (κ3) is 2.77. The molecular formula is C18H26N8. The molecule has 1 aromatic heterocycles. The molecule has 8 heteroatoms. The number of aliphatic imine (C=N–C) groups is 2. The Morgan fingerprint density at radius 3 is 1.50 bits per heavy atom. The van der Waals surface area contributed by atoms with Crippen molar-refractivity contribution in [2.75, 3.05) is 62.2 Å². The molecular weight excluding hydrogens is 328 g/mol. The van der Waals surface area contributed by atoms with E-state index >= 15 is 0 Å². The van der Waals surface area contributed by atoms with Crippen molar-refractivity contribution < 1.29 is 0 Å². The quantitative estimate of drug-likeness (QED) is 0.790. The fraction of sp³-hybridized carbons (Fsp3) is 0.667. The average molecular weight is 354 g/mol. The summed E-state index contributed by atoms with van der Waals surface area (Å²) in [5.41, 5.74) is 0. The highest BCUT2D eigenvalue weighted by Crippen LogP contribution is 2.23. The molecule has 1 aromatic rings. The molecule has 0 unspecified atom stereocenters. The second-order valence-electron chi connectivity index (χ2n) is 7.29. The number of aromatic nitrogens is 2. The van der Waals surface area contributed by atoms with Gasteiger partial charge in [0.15, 0.2) is 11.6 Å². The highest BCUT2D eigenvalue weighted by molar-refractivity contribution is 5.97. The van der Waals surface area contributed by atoms with Gasteiger partial charge in [-0.3, -0.25) is 19.8 Å². The van der Waals surface area contributed by atoms with Crippen molar-refractivity contribution >= 4 is 23.6 Å². The summed E-state index contributed by atoms with van der Waals surface area (Å²) in [7, 11) is 0. The molecule has 0 atom stereocenters. The molecule has 0 spiro atoms. The smallest absolute Gasteiger partial charge is 0.202 e. The molecule has 26 heavy (non-hydrogen) atoms. The van der Waals surface area contributed by atoms with Crippen LogP contribution in [-0.2, 0) is 0 Å². The number of rotatable bonds is 2. The second kappa shape index (κ2) is 6.74. The molecule has 138 valence electrons. The summed E-state index contributed by atoms with van der Waals surface area (Å²) in [6.07, 6.45) is 8.38. The van der Waals surface area contributed by atoms with Crippen LogP contribution in [0.1, 0.15) is 25.7 Å². The molecule has 5 heterocycles. The maximum atomic E-state index is 4.75. The Morgan fingerprint density at radius 2 is 1.04 bits per heavy atom. The molecule has 4 aliphatic rings. The monoisotopic (exact) mass is 354 g/mol. The Kier molecular flexibility index (Phi) is 4.10. The number of fused-ring (bicyclic) bond motifs is 2. The van der Waals surface area contributed by atoms with Crippen molar-refractivity contribution in [1.82, 2.24) is 19.8 Å². The van der Waals surface area contributed by atoms with Crippen LogP contribution in [0.4, 0.5) is 11.6 Å². The molecule has 4 aliphatic heterocycles. The number of hydrogen-bond donors (Lipinski definition) is 0. The molecule has 0 aromatic carbocycles. The molecule has 8 nitrogen and oxygen atoms in total.